The quantitative estimate of drug-likeness (QED) is 0.428. The lowest BCUT2D eigenvalue weighted by Gasteiger charge is -2.11. The van der Waals surface area contributed by atoms with Gasteiger partial charge in [0.15, 0.2) is 5.12 Å². The van der Waals surface area contributed by atoms with E-state index in [1.807, 2.05) is 0 Å². The molecule has 1 unspecified atom stereocenters. The molecular formula is C13H26OS. The molecule has 1 atom stereocenters. The van der Waals surface area contributed by atoms with Crippen LogP contribution in [-0.2, 0) is 4.79 Å². The summed E-state index contributed by atoms with van der Waals surface area (Å²) in [5.41, 5.74) is 0. The second kappa shape index (κ2) is 10.5. The van der Waals surface area contributed by atoms with Gasteiger partial charge < -0.3 is 0 Å². The van der Waals surface area contributed by atoms with Gasteiger partial charge in [-0.15, -0.1) is 12.6 Å². The average molecular weight is 230 g/mol. The Morgan fingerprint density at radius 1 is 0.933 bits per heavy atom. The fourth-order valence-corrected chi connectivity index (χ4v) is 2.09. The molecule has 0 saturated heterocycles. The van der Waals surface area contributed by atoms with Crippen molar-refractivity contribution in [1.29, 1.82) is 0 Å². The van der Waals surface area contributed by atoms with E-state index < -0.39 is 0 Å². The minimum Gasteiger partial charge on any atom is -0.287 e. The van der Waals surface area contributed by atoms with Crippen LogP contribution in [0.1, 0.15) is 71.6 Å². The third-order valence-electron chi connectivity index (χ3n) is 2.91. The zero-order valence-electron chi connectivity index (χ0n) is 10.3. The molecule has 0 aromatic heterocycles. The van der Waals surface area contributed by atoms with Crippen molar-refractivity contribution < 1.29 is 4.79 Å². The molecule has 15 heavy (non-hydrogen) atoms. The second-order valence-electron chi connectivity index (χ2n) is 4.38. The first-order valence-electron chi connectivity index (χ1n) is 6.45. The van der Waals surface area contributed by atoms with Crippen molar-refractivity contribution in [3.63, 3.8) is 0 Å². The molecule has 0 aliphatic rings. The van der Waals surface area contributed by atoms with Crippen LogP contribution < -0.4 is 0 Å². The van der Waals surface area contributed by atoms with Crippen molar-refractivity contribution in [2.24, 2.45) is 5.92 Å². The van der Waals surface area contributed by atoms with E-state index in [1.165, 1.54) is 38.5 Å². The van der Waals surface area contributed by atoms with Crippen LogP contribution in [-0.4, -0.2) is 5.12 Å². The van der Waals surface area contributed by atoms with Gasteiger partial charge in [-0.05, 0) is 12.8 Å². The number of thiol groups is 1. The Labute approximate surface area is 100 Å². The van der Waals surface area contributed by atoms with Crippen molar-refractivity contribution in [3.05, 3.63) is 0 Å². The maximum Gasteiger partial charge on any atom is 0.188 e. The largest absolute Gasteiger partial charge is 0.287 e. The van der Waals surface area contributed by atoms with Gasteiger partial charge in [0, 0.05) is 5.92 Å². The third kappa shape index (κ3) is 8.98. The van der Waals surface area contributed by atoms with E-state index in [2.05, 4.69) is 26.5 Å². The molecule has 0 N–H and O–H groups in total. The van der Waals surface area contributed by atoms with Crippen molar-refractivity contribution >= 4 is 17.7 Å². The van der Waals surface area contributed by atoms with E-state index in [9.17, 15) is 4.79 Å². The highest BCUT2D eigenvalue weighted by Gasteiger charge is 2.13. The molecule has 0 aliphatic heterocycles. The summed E-state index contributed by atoms with van der Waals surface area (Å²) in [4.78, 5) is 11.2. The van der Waals surface area contributed by atoms with E-state index >= 15 is 0 Å². The van der Waals surface area contributed by atoms with E-state index in [1.54, 1.807) is 0 Å². The maximum absolute atomic E-state index is 11.2. The molecule has 0 saturated carbocycles. The molecule has 1 nitrogen and oxygen atoms in total. The number of carbonyl (C=O) groups is 1. The van der Waals surface area contributed by atoms with Gasteiger partial charge in [-0.1, -0.05) is 58.8 Å². The monoisotopic (exact) mass is 230 g/mol. The summed E-state index contributed by atoms with van der Waals surface area (Å²) in [6, 6.07) is 0. The molecule has 0 rings (SSSR count). The zero-order valence-corrected chi connectivity index (χ0v) is 11.2. The Hall–Kier alpha value is 0.0200. The predicted molar refractivity (Wildman–Crippen MR) is 70.4 cm³/mol. The summed E-state index contributed by atoms with van der Waals surface area (Å²) in [6.07, 6.45) is 10.8. The lowest BCUT2D eigenvalue weighted by Crippen LogP contribution is -2.08. The highest BCUT2D eigenvalue weighted by molar-refractivity contribution is 7.96. The first-order chi connectivity index (χ1) is 7.22. The van der Waals surface area contributed by atoms with Crippen LogP contribution in [0.4, 0.5) is 0 Å². The van der Waals surface area contributed by atoms with Crippen molar-refractivity contribution in [1.82, 2.24) is 0 Å². The van der Waals surface area contributed by atoms with E-state index in [0.29, 0.717) is 0 Å². The van der Waals surface area contributed by atoms with Gasteiger partial charge in [0.05, 0.1) is 0 Å². The SMILES string of the molecule is CCCCCCCC(CCCC)C(=O)S. The number of carbonyl (C=O) groups excluding carboxylic acids is 1. The molecule has 0 radical (unpaired) electrons. The standard InChI is InChI=1S/C13H26OS/c1-3-5-7-8-9-11-12(13(14)15)10-6-4-2/h12H,3-11H2,1-2H3,(H,14,15). The predicted octanol–water partition coefficient (Wildman–Crippen LogP) is 4.61. The van der Waals surface area contributed by atoms with Crippen molar-refractivity contribution in [3.8, 4) is 0 Å². The van der Waals surface area contributed by atoms with Crippen LogP contribution in [0, 0.1) is 5.92 Å². The highest BCUT2D eigenvalue weighted by Crippen LogP contribution is 2.19. The van der Waals surface area contributed by atoms with Crippen LogP contribution in [0.5, 0.6) is 0 Å². The summed E-state index contributed by atoms with van der Waals surface area (Å²) < 4.78 is 0. The molecule has 0 amide bonds. The van der Waals surface area contributed by atoms with Gasteiger partial charge in [0.2, 0.25) is 0 Å². The van der Waals surface area contributed by atoms with Crippen LogP contribution >= 0.6 is 12.6 Å². The van der Waals surface area contributed by atoms with Crippen molar-refractivity contribution in [2.45, 2.75) is 71.6 Å². The van der Waals surface area contributed by atoms with Crippen molar-refractivity contribution in [2.75, 3.05) is 0 Å². The minimum atomic E-state index is 0.0962. The molecular weight excluding hydrogens is 204 g/mol. The molecule has 0 aromatic carbocycles. The molecule has 0 aromatic rings. The van der Waals surface area contributed by atoms with Gasteiger partial charge in [-0.2, -0.15) is 0 Å². The molecule has 0 spiro atoms. The summed E-state index contributed by atoms with van der Waals surface area (Å²) in [5, 5.41) is 0.0962. The average Bonchev–Trinajstić information content (AvgIpc) is 2.21. The van der Waals surface area contributed by atoms with Crippen LogP contribution in [0.2, 0.25) is 0 Å². The summed E-state index contributed by atoms with van der Waals surface area (Å²) >= 11 is 3.97. The third-order valence-corrected chi connectivity index (χ3v) is 3.28. The van der Waals surface area contributed by atoms with Gasteiger partial charge in [0.25, 0.3) is 0 Å². The Balaban J connectivity index is 3.53. The fourth-order valence-electron chi connectivity index (χ4n) is 1.84. The second-order valence-corrected chi connectivity index (χ2v) is 4.82. The molecule has 2 heteroatoms. The smallest absolute Gasteiger partial charge is 0.188 e. The topological polar surface area (TPSA) is 17.1 Å². The van der Waals surface area contributed by atoms with Gasteiger partial charge in [-0.25, -0.2) is 0 Å². The fraction of sp³-hybridized carbons (Fsp3) is 0.923. The minimum absolute atomic E-state index is 0.0962. The Morgan fingerprint density at radius 2 is 1.47 bits per heavy atom. The van der Waals surface area contributed by atoms with E-state index in [0.717, 1.165) is 19.3 Å². The van der Waals surface area contributed by atoms with Crippen LogP contribution in [0.15, 0.2) is 0 Å². The lowest BCUT2D eigenvalue weighted by atomic mass is 9.96. The zero-order chi connectivity index (χ0) is 11.5. The number of unbranched alkanes of at least 4 members (excludes halogenated alkanes) is 5. The Morgan fingerprint density at radius 3 is 2.00 bits per heavy atom. The van der Waals surface area contributed by atoms with Gasteiger partial charge in [-0.3, -0.25) is 4.79 Å². The molecule has 0 heterocycles. The Kier molecular flexibility index (Phi) is 10.5. The first-order valence-corrected chi connectivity index (χ1v) is 6.89. The molecule has 0 bridgehead atoms. The van der Waals surface area contributed by atoms with Crippen LogP contribution in [0.25, 0.3) is 0 Å². The van der Waals surface area contributed by atoms with Gasteiger partial charge in [0.1, 0.15) is 0 Å². The summed E-state index contributed by atoms with van der Waals surface area (Å²) in [7, 11) is 0. The number of rotatable bonds is 10. The van der Waals surface area contributed by atoms with Crippen LogP contribution in [0.3, 0.4) is 0 Å². The molecule has 90 valence electrons. The number of hydrogen-bond acceptors (Lipinski definition) is 1. The normalized spacial score (nSPS) is 12.7. The Bertz CT molecular complexity index is 157. The molecule has 0 fully saturated rings. The molecule has 0 aliphatic carbocycles. The van der Waals surface area contributed by atoms with E-state index in [4.69, 9.17) is 0 Å². The van der Waals surface area contributed by atoms with E-state index in [-0.39, 0.29) is 11.0 Å². The van der Waals surface area contributed by atoms with Gasteiger partial charge >= 0.3 is 0 Å². The summed E-state index contributed by atoms with van der Waals surface area (Å²) in [6.45, 7) is 4.39. The highest BCUT2D eigenvalue weighted by atomic mass is 32.1. The number of hydrogen-bond donors (Lipinski definition) is 1. The lowest BCUT2D eigenvalue weighted by molar-refractivity contribution is -0.114. The summed E-state index contributed by atoms with van der Waals surface area (Å²) in [5.74, 6) is 0.218. The first kappa shape index (κ1) is 15.0. The maximum atomic E-state index is 11.2.